The van der Waals surface area contributed by atoms with E-state index >= 15 is 0 Å². The number of amides is 1. The van der Waals surface area contributed by atoms with Gasteiger partial charge in [-0.15, -0.1) is 23.2 Å². The number of carbonyl (C=O) groups excluding carboxylic acids is 2. The maximum absolute atomic E-state index is 14.7. The summed E-state index contributed by atoms with van der Waals surface area (Å²) in [6, 6.07) is 11.5. The van der Waals surface area contributed by atoms with Crippen LogP contribution in [0.2, 0.25) is 5.02 Å². The Kier molecular flexibility index (Phi) is 7.04. The standard InChI is InChI=1S/C25H17Cl3F3NO3/c1-35-23-16(20(33)8-12-2-5-14(29)6-3-12)10-15(11-19(23)31)32-24(34)22-21(25(22,27)28)13-4-7-18(30)17(26)9-13/h2-7,9-11,21-22H,8H2,1H3,(H,32,34). The molecular weight excluding hydrogens is 526 g/mol. The smallest absolute Gasteiger partial charge is 0.231 e. The summed E-state index contributed by atoms with van der Waals surface area (Å²) in [5.74, 6) is -4.97. The van der Waals surface area contributed by atoms with Crippen LogP contribution in [0.25, 0.3) is 0 Å². The van der Waals surface area contributed by atoms with Crippen molar-refractivity contribution in [3.05, 3.63) is 93.8 Å². The quantitative estimate of drug-likeness (QED) is 0.266. The number of ketones is 1. The molecule has 1 fully saturated rings. The molecule has 182 valence electrons. The molecule has 4 nitrogen and oxygen atoms in total. The minimum absolute atomic E-state index is 0.0114. The van der Waals surface area contributed by atoms with E-state index in [9.17, 15) is 22.8 Å². The van der Waals surface area contributed by atoms with Crippen LogP contribution in [0.3, 0.4) is 0 Å². The van der Waals surface area contributed by atoms with Gasteiger partial charge < -0.3 is 10.1 Å². The maximum Gasteiger partial charge on any atom is 0.231 e. The third-order valence-electron chi connectivity index (χ3n) is 5.73. The van der Waals surface area contributed by atoms with Gasteiger partial charge in [-0.1, -0.05) is 29.8 Å². The fourth-order valence-electron chi connectivity index (χ4n) is 3.96. The van der Waals surface area contributed by atoms with Gasteiger partial charge in [0.25, 0.3) is 0 Å². The lowest BCUT2D eigenvalue weighted by Crippen LogP contribution is -2.18. The summed E-state index contributed by atoms with van der Waals surface area (Å²) < 4.78 is 44.9. The van der Waals surface area contributed by atoms with Gasteiger partial charge in [0, 0.05) is 24.1 Å². The molecule has 1 aliphatic rings. The van der Waals surface area contributed by atoms with Crippen molar-refractivity contribution in [2.24, 2.45) is 5.92 Å². The van der Waals surface area contributed by atoms with Crippen LogP contribution in [0, 0.1) is 23.4 Å². The van der Waals surface area contributed by atoms with Crippen molar-refractivity contribution in [3.63, 3.8) is 0 Å². The van der Waals surface area contributed by atoms with Gasteiger partial charge >= 0.3 is 0 Å². The zero-order valence-corrected chi connectivity index (χ0v) is 20.3. The molecule has 10 heteroatoms. The lowest BCUT2D eigenvalue weighted by molar-refractivity contribution is -0.117. The predicted octanol–water partition coefficient (Wildman–Crippen LogP) is 6.72. The fraction of sp³-hybridized carbons (Fsp3) is 0.200. The van der Waals surface area contributed by atoms with E-state index in [1.807, 2.05) is 0 Å². The minimum atomic E-state index is -1.49. The van der Waals surface area contributed by atoms with E-state index in [4.69, 9.17) is 39.5 Å². The molecule has 2 atom stereocenters. The maximum atomic E-state index is 14.7. The van der Waals surface area contributed by atoms with E-state index in [1.54, 1.807) is 0 Å². The summed E-state index contributed by atoms with van der Waals surface area (Å²) >= 11 is 18.5. The first-order valence-electron chi connectivity index (χ1n) is 10.3. The number of methoxy groups -OCH3 is 1. The lowest BCUT2D eigenvalue weighted by Gasteiger charge is -2.13. The first kappa shape index (κ1) is 25.4. The second kappa shape index (κ2) is 9.72. The summed E-state index contributed by atoms with van der Waals surface area (Å²) in [4.78, 5) is 25.8. The van der Waals surface area contributed by atoms with Crippen LogP contribution >= 0.6 is 34.8 Å². The summed E-state index contributed by atoms with van der Waals surface area (Å²) in [6.45, 7) is 0. The van der Waals surface area contributed by atoms with Crippen molar-refractivity contribution in [1.82, 2.24) is 0 Å². The molecule has 0 aromatic heterocycles. The largest absolute Gasteiger partial charge is 0.493 e. The Morgan fingerprint density at radius 2 is 1.69 bits per heavy atom. The number of carbonyl (C=O) groups is 2. The van der Waals surface area contributed by atoms with Crippen LogP contribution in [0.4, 0.5) is 18.9 Å². The Balaban J connectivity index is 1.56. The number of alkyl halides is 2. The third-order valence-corrected chi connectivity index (χ3v) is 6.96. The van der Waals surface area contributed by atoms with E-state index in [1.165, 1.54) is 49.6 Å². The molecule has 0 saturated heterocycles. The second-order valence-corrected chi connectivity index (χ2v) is 9.91. The van der Waals surface area contributed by atoms with Crippen LogP contribution < -0.4 is 10.1 Å². The Bertz CT molecular complexity index is 1320. The molecule has 0 aliphatic heterocycles. The number of anilines is 1. The van der Waals surface area contributed by atoms with Crippen molar-refractivity contribution in [2.75, 3.05) is 12.4 Å². The molecule has 35 heavy (non-hydrogen) atoms. The van der Waals surface area contributed by atoms with Crippen LogP contribution in [0.5, 0.6) is 5.75 Å². The summed E-state index contributed by atoms with van der Waals surface area (Å²) in [6.07, 6.45) is -0.143. The highest BCUT2D eigenvalue weighted by Crippen LogP contribution is 2.65. The van der Waals surface area contributed by atoms with Crippen molar-refractivity contribution < 1.29 is 27.5 Å². The van der Waals surface area contributed by atoms with Gasteiger partial charge in [0.15, 0.2) is 17.3 Å². The normalized spacial score (nSPS) is 18.1. The number of benzene rings is 3. The molecule has 3 aromatic rings. The number of rotatable bonds is 7. The molecule has 2 unspecified atom stereocenters. The minimum Gasteiger partial charge on any atom is -0.493 e. The van der Waals surface area contributed by atoms with Gasteiger partial charge in [0.1, 0.15) is 16.0 Å². The topological polar surface area (TPSA) is 55.4 Å². The number of hydrogen-bond donors (Lipinski definition) is 1. The van der Waals surface area contributed by atoms with E-state index in [0.717, 1.165) is 12.1 Å². The average Bonchev–Trinajstić information content (AvgIpc) is 3.38. The van der Waals surface area contributed by atoms with Crippen LogP contribution in [-0.4, -0.2) is 23.1 Å². The van der Waals surface area contributed by atoms with Gasteiger partial charge in [-0.2, -0.15) is 0 Å². The second-order valence-electron chi connectivity index (χ2n) is 8.06. The molecule has 1 aliphatic carbocycles. The molecule has 0 radical (unpaired) electrons. The van der Waals surface area contributed by atoms with Crippen molar-refractivity contribution in [2.45, 2.75) is 16.7 Å². The first-order chi connectivity index (χ1) is 16.5. The van der Waals surface area contributed by atoms with Crippen molar-refractivity contribution in [1.29, 1.82) is 0 Å². The van der Waals surface area contributed by atoms with Gasteiger partial charge in [-0.05, 0) is 41.5 Å². The Morgan fingerprint density at radius 1 is 1.00 bits per heavy atom. The highest BCUT2D eigenvalue weighted by molar-refractivity contribution is 6.53. The highest BCUT2D eigenvalue weighted by atomic mass is 35.5. The van der Waals surface area contributed by atoms with Crippen LogP contribution in [-0.2, 0) is 11.2 Å². The molecule has 1 saturated carbocycles. The van der Waals surface area contributed by atoms with Gasteiger partial charge in [0.2, 0.25) is 5.91 Å². The van der Waals surface area contributed by atoms with E-state index in [-0.39, 0.29) is 28.4 Å². The monoisotopic (exact) mass is 541 g/mol. The van der Waals surface area contributed by atoms with E-state index in [2.05, 4.69) is 5.32 Å². The zero-order chi connectivity index (χ0) is 25.5. The number of hydrogen-bond acceptors (Lipinski definition) is 3. The Morgan fingerprint density at radius 3 is 2.31 bits per heavy atom. The molecule has 1 amide bonds. The zero-order valence-electron chi connectivity index (χ0n) is 18.1. The number of nitrogens with one attached hydrogen (secondary N) is 1. The molecule has 0 heterocycles. The SMILES string of the molecule is COc1c(F)cc(NC(=O)C2C(c3ccc(F)c(Cl)c3)C2(Cl)Cl)cc1C(=O)Cc1ccc(F)cc1. The number of ether oxygens (including phenoxy) is 1. The van der Waals surface area contributed by atoms with Crippen molar-refractivity contribution >= 4 is 52.2 Å². The molecule has 1 N–H and O–H groups in total. The number of halogens is 6. The molecular formula is C25H17Cl3F3NO3. The van der Waals surface area contributed by atoms with E-state index < -0.39 is 45.3 Å². The molecule has 0 spiro atoms. The predicted molar refractivity (Wildman–Crippen MR) is 128 cm³/mol. The highest BCUT2D eigenvalue weighted by Gasteiger charge is 2.67. The number of Topliss-reactive ketones (excluding diaryl/α,β-unsaturated/α-hetero) is 1. The van der Waals surface area contributed by atoms with Crippen LogP contribution in [0.15, 0.2) is 54.6 Å². The van der Waals surface area contributed by atoms with Gasteiger partial charge in [-0.3, -0.25) is 9.59 Å². The van der Waals surface area contributed by atoms with Crippen molar-refractivity contribution in [3.8, 4) is 5.75 Å². The van der Waals surface area contributed by atoms with E-state index in [0.29, 0.717) is 11.1 Å². The Hall–Kier alpha value is -2.74. The Labute approximate surface area is 213 Å². The molecule has 4 rings (SSSR count). The van der Waals surface area contributed by atoms with Gasteiger partial charge in [-0.25, -0.2) is 13.2 Å². The lowest BCUT2D eigenvalue weighted by atomic mass is 10.0. The summed E-state index contributed by atoms with van der Waals surface area (Å²) in [5, 5.41) is 2.39. The third kappa shape index (κ3) is 5.13. The fourth-order valence-corrected chi connectivity index (χ4v) is 4.97. The molecule has 0 bridgehead atoms. The average molecular weight is 543 g/mol. The van der Waals surface area contributed by atoms with Gasteiger partial charge in [0.05, 0.1) is 23.6 Å². The summed E-state index contributed by atoms with van der Waals surface area (Å²) in [7, 11) is 1.21. The van der Waals surface area contributed by atoms with Crippen LogP contribution in [0.1, 0.15) is 27.4 Å². The first-order valence-corrected chi connectivity index (χ1v) is 11.4. The summed E-state index contributed by atoms with van der Waals surface area (Å²) in [5.41, 5.74) is 0.870. The molecule has 3 aromatic carbocycles.